The average molecular weight is 238 g/mol. The van der Waals surface area contributed by atoms with Gasteiger partial charge in [0.25, 0.3) is 0 Å². The molecule has 6 nitrogen and oxygen atoms in total. The predicted octanol–water partition coefficient (Wildman–Crippen LogP) is 1.49. The average Bonchev–Trinajstić information content (AvgIpc) is 3.07. The summed E-state index contributed by atoms with van der Waals surface area (Å²) in [6, 6.07) is 1.02. The third-order valence-corrected chi connectivity index (χ3v) is 2.86. The van der Waals surface area contributed by atoms with Crippen molar-refractivity contribution in [3.05, 3.63) is 0 Å². The summed E-state index contributed by atoms with van der Waals surface area (Å²) in [6.45, 7) is 2.20. The number of aromatic nitrogens is 3. The zero-order valence-electron chi connectivity index (χ0n) is 10.4. The Morgan fingerprint density at radius 1 is 1.18 bits per heavy atom. The summed E-state index contributed by atoms with van der Waals surface area (Å²) in [7, 11) is 3.05. The first kappa shape index (κ1) is 11.9. The molecule has 1 saturated carbocycles. The maximum atomic E-state index is 4.99. The molecule has 1 aromatic rings. The van der Waals surface area contributed by atoms with Gasteiger partial charge in [0, 0.05) is 6.04 Å². The molecule has 2 rings (SSSR count). The number of anilines is 1. The van der Waals surface area contributed by atoms with Crippen molar-refractivity contribution < 1.29 is 9.47 Å². The Morgan fingerprint density at radius 3 is 2.35 bits per heavy atom. The number of ether oxygens (including phenoxy) is 2. The lowest BCUT2D eigenvalue weighted by molar-refractivity contribution is 0.341. The van der Waals surface area contributed by atoms with E-state index in [-0.39, 0.29) is 12.0 Å². The van der Waals surface area contributed by atoms with Crippen molar-refractivity contribution in [2.24, 2.45) is 5.92 Å². The van der Waals surface area contributed by atoms with Crippen LogP contribution < -0.4 is 14.8 Å². The first-order chi connectivity index (χ1) is 8.26. The molecule has 0 saturated heterocycles. The molecule has 17 heavy (non-hydrogen) atoms. The quantitative estimate of drug-likeness (QED) is 0.809. The molecular formula is C11H18N4O2. The third-order valence-electron chi connectivity index (χ3n) is 2.86. The van der Waals surface area contributed by atoms with Crippen LogP contribution in [0, 0.1) is 5.92 Å². The normalized spacial score (nSPS) is 22.1. The topological polar surface area (TPSA) is 69.2 Å². The highest BCUT2D eigenvalue weighted by molar-refractivity contribution is 5.31. The minimum atomic E-state index is 0.270. The summed E-state index contributed by atoms with van der Waals surface area (Å²) < 4.78 is 9.98. The molecule has 1 fully saturated rings. The highest BCUT2D eigenvalue weighted by Gasteiger charge is 2.36. The van der Waals surface area contributed by atoms with E-state index in [4.69, 9.17) is 9.47 Å². The lowest BCUT2D eigenvalue weighted by atomic mass is 10.2. The van der Waals surface area contributed by atoms with Crippen LogP contribution in [-0.4, -0.2) is 35.2 Å². The second kappa shape index (κ2) is 5.16. The van der Waals surface area contributed by atoms with Crippen molar-refractivity contribution in [2.45, 2.75) is 32.2 Å². The van der Waals surface area contributed by atoms with Crippen LogP contribution in [0.4, 0.5) is 5.95 Å². The van der Waals surface area contributed by atoms with Gasteiger partial charge in [-0.2, -0.15) is 9.97 Å². The standard InChI is InChI=1S/C11H18N4O2/c1-4-5-7-6-8(7)12-9-13-10(16-2)15-11(14-9)17-3/h7-8H,4-6H2,1-3H3,(H,12,13,14,15). The molecule has 1 aromatic heterocycles. The second-order valence-electron chi connectivity index (χ2n) is 4.17. The van der Waals surface area contributed by atoms with Gasteiger partial charge in [-0.15, -0.1) is 4.98 Å². The first-order valence-corrected chi connectivity index (χ1v) is 5.87. The molecule has 6 heteroatoms. The Balaban J connectivity index is 2.00. The smallest absolute Gasteiger partial charge is 0.324 e. The van der Waals surface area contributed by atoms with Gasteiger partial charge in [0.05, 0.1) is 14.2 Å². The summed E-state index contributed by atoms with van der Waals surface area (Å²) in [5, 5.41) is 3.28. The van der Waals surface area contributed by atoms with Gasteiger partial charge in [0.15, 0.2) is 0 Å². The minimum absolute atomic E-state index is 0.270. The van der Waals surface area contributed by atoms with Crippen molar-refractivity contribution in [2.75, 3.05) is 19.5 Å². The Hall–Kier alpha value is -1.59. The number of rotatable bonds is 6. The Morgan fingerprint density at radius 2 is 1.82 bits per heavy atom. The third kappa shape index (κ3) is 2.95. The van der Waals surface area contributed by atoms with E-state index >= 15 is 0 Å². The Labute approximate surface area is 101 Å². The fourth-order valence-corrected chi connectivity index (χ4v) is 1.87. The molecule has 0 aromatic carbocycles. The molecule has 1 heterocycles. The highest BCUT2D eigenvalue weighted by atomic mass is 16.5. The number of nitrogens with zero attached hydrogens (tertiary/aromatic N) is 3. The van der Waals surface area contributed by atoms with Crippen LogP contribution in [0.1, 0.15) is 26.2 Å². The van der Waals surface area contributed by atoms with Crippen LogP contribution in [-0.2, 0) is 0 Å². The lowest BCUT2D eigenvalue weighted by Crippen LogP contribution is -2.10. The van der Waals surface area contributed by atoms with E-state index in [1.807, 2.05) is 0 Å². The van der Waals surface area contributed by atoms with Gasteiger partial charge in [0.1, 0.15) is 0 Å². The minimum Gasteiger partial charge on any atom is -0.467 e. The summed E-state index contributed by atoms with van der Waals surface area (Å²) in [6.07, 6.45) is 3.65. The number of hydrogen-bond donors (Lipinski definition) is 1. The zero-order valence-corrected chi connectivity index (χ0v) is 10.4. The van der Waals surface area contributed by atoms with Gasteiger partial charge in [-0.25, -0.2) is 0 Å². The van der Waals surface area contributed by atoms with Crippen LogP contribution in [0.3, 0.4) is 0 Å². The van der Waals surface area contributed by atoms with Crippen molar-refractivity contribution in [3.63, 3.8) is 0 Å². The number of hydrogen-bond acceptors (Lipinski definition) is 6. The zero-order chi connectivity index (χ0) is 12.3. The number of methoxy groups -OCH3 is 2. The predicted molar refractivity (Wildman–Crippen MR) is 63.4 cm³/mol. The van der Waals surface area contributed by atoms with Gasteiger partial charge in [-0.1, -0.05) is 13.3 Å². The molecule has 94 valence electrons. The van der Waals surface area contributed by atoms with Crippen LogP contribution in [0.25, 0.3) is 0 Å². The molecule has 0 aliphatic heterocycles. The summed E-state index contributed by atoms with van der Waals surface area (Å²) in [5.74, 6) is 1.27. The van der Waals surface area contributed by atoms with E-state index in [9.17, 15) is 0 Å². The monoisotopic (exact) mass is 238 g/mol. The van der Waals surface area contributed by atoms with E-state index in [1.165, 1.54) is 33.5 Å². The molecule has 0 amide bonds. The van der Waals surface area contributed by atoms with Crippen LogP contribution in [0.5, 0.6) is 12.0 Å². The molecule has 1 aliphatic rings. The van der Waals surface area contributed by atoms with Crippen molar-refractivity contribution in [1.29, 1.82) is 0 Å². The van der Waals surface area contributed by atoms with Gasteiger partial charge in [0.2, 0.25) is 5.95 Å². The van der Waals surface area contributed by atoms with Crippen molar-refractivity contribution >= 4 is 5.95 Å². The summed E-state index contributed by atoms with van der Waals surface area (Å²) in [5.41, 5.74) is 0. The van der Waals surface area contributed by atoms with Crippen LogP contribution in [0.2, 0.25) is 0 Å². The first-order valence-electron chi connectivity index (χ1n) is 5.87. The van der Waals surface area contributed by atoms with E-state index in [0.29, 0.717) is 12.0 Å². The summed E-state index contributed by atoms with van der Waals surface area (Å²) in [4.78, 5) is 12.2. The Bertz CT molecular complexity index is 363. The van der Waals surface area contributed by atoms with Gasteiger partial charge in [-0.05, 0) is 18.8 Å². The van der Waals surface area contributed by atoms with E-state index in [2.05, 4.69) is 27.2 Å². The highest BCUT2D eigenvalue weighted by Crippen LogP contribution is 2.36. The fraction of sp³-hybridized carbons (Fsp3) is 0.727. The van der Waals surface area contributed by atoms with Crippen LogP contribution in [0.15, 0.2) is 0 Å². The molecule has 2 atom stereocenters. The Kier molecular flexibility index (Phi) is 3.61. The molecule has 0 radical (unpaired) electrons. The second-order valence-corrected chi connectivity index (χ2v) is 4.17. The lowest BCUT2D eigenvalue weighted by Gasteiger charge is -2.06. The van der Waals surface area contributed by atoms with Crippen LogP contribution >= 0.6 is 0 Å². The van der Waals surface area contributed by atoms with E-state index < -0.39 is 0 Å². The molecule has 1 aliphatic carbocycles. The van der Waals surface area contributed by atoms with Gasteiger partial charge >= 0.3 is 12.0 Å². The molecule has 1 N–H and O–H groups in total. The molecule has 0 spiro atoms. The maximum absolute atomic E-state index is 4.99. The van der Waals surface area contributed by atoms with E-state index in [0.717, 1.165) is 5.92 Å². The van der Waals surface area contributed by atoms with Crippen molar-refractivity contribution in [1.82, 2.24) is 15.0 Å². The van der Waals surface area contributed by atoms with Gasteiger partial charge in [-0.3, -0.25) is 0 Å². The SMILES string of the molecule is CCCC1CC1Nc1nc(OC)nc(OC)n1. The molecule has 2 unspecified atom stereocenters. The number of nitrogens with one attached hydrogen (secondary N) is 1. The fourth-order valence-electron chi connectivity index (χ4n) is 1.87. The summed E-state index contributed by atoms with van der Waals surface area (Å²) >= 11 is 0. The largest absolute Gasteiger partial charge is 0.467 e. The maximum Gasteiger partial charge on any atom is 0.324 e. The molecule has 0 bridgehead atoms. The molecular weight excluding hydrogens is 220 g/mol. The van der Waals surface area contributed by atoms with Crippen molar-refractivity contribution in [3.8, 4) is 12.0 Å². The van der Waals surface area contributed by atoms with E-state index in [1.54, 1.807) is 0 Å². The van der Waals surface area contributed by atoms with Gasteiger partial charge < -0.3 is 14.8 Å².